The van der Waals surface area contributed by atoms with Gasteiger partial charge in [0, 0.05) is 30.6 Å². The van der Waals surface area contributed by atoms with Crippen molar-refractivity contribution in [2.75, 3.05) is 18.0 Å². The minimum Gasteiger partial charge on any atom is -0.372 e. The van der Waals surface area contributed by atoms with E-state index in [4.69, 9.17) is 10.8 Å². The quantitative estimate of drug-likeness (QED) is 0.724. The second-order valence-electron chi connectivity index (χ2n) is 3.80. The minimum absolute atomic E-state index is 0.267. The zero-order chi connectivity index (χ0) is 10.7. The van der Waals surface area contributed by atoms with Crippen LogP contribution < -0.4 is 4.90 Å². The van der Waals surface area contributed by atoms with Crippen molar-refractivity contribution >= 4 is 17.6 Å². The molecule has 78 valence electrons. The van der Waals surface area contributed by atoms with Crippen LogP contribution in [-0.2, 0) is 0 Å². The molecule has 2 rings (SSSR count). The zero-order valence-corrected chi connectivity index (χ0v) is 8.66. The minimum atomic E-state index is 0.267. The number of anilines is 1. The van der Waals surface area contributed by atoms with Crippen molar-refractivity contribution in [3.05, 3.63) is 29.8 Å². The van der Waals surface area contributed by atoms with Gasteiger partial charge in [-0.1, -0.05) is 12.1 Å². The first-order valence-corrected chi connectivity index (χ1v) is 5.25. The SMILES string of the molecule is N=CC(=N)c1ccc(N2CCCC2)cc1. The standard InChI is InChI=1S/C12H15N3/c13-9-12(14)10-3-5-11(6-4-10)15-7-1-2-8-15/h3-6,9,13-14H,1-2,7-8H2. The highest BCUT2D eigenvalue weighted by atomic mass is 15.1. The summed E-state index contributed by atoms with van der Waals surface area (Å²) >= 11 is 0. The molecular formula is C12H15N3. The lowest BCUT2D eigenvalue weighted by Crippen LogP contribution is -2.17. The van der Waals surface area contributed by atoms with Crippen molar-refractivity contribution in [1.82, 2.24) is 0 Å². The van der Waals surface area contributed by atoms with Crippen LogP contribution in [0.25, 0.3) is 0 Å². The van der Waals surface area contributed by atoms with Gasteiger partial charge in [-0.3, -0.25) is 5.41 Å². The van der Waals surface area contributed by atoms with E-state index in [1.54, 1.807) is 0 Å². The van der Waals surface area contributed by atoms with E-state index in [0.717, 1.165) is 24.9 Å². The van der Waals surface area contributed by atoms with Gasteiger partial charge in [-0.25, -0.2) is 0 Å². The topological polar surface area (TPSA) is 50.9 Å². The highest BCUT2D eigenvalue weighted by molar-refractivity contribution is 6.35. The molecule has 0 saturated carbocycles. The number of hydrogen-bond donors (Lipinski definition) is 2. The Balaban J connectivity index is 2.16. The smallest absolute Gasteiger partial charge is 0.0787 e. The lowest BCUT2D eigenvalue weighted by molar-refractivity contribution is 0.949. The zero-order valence-electron chi connectivity index (χ0n) is 8.66. The molecule has 0 aliphatic carbocycles. The maximum atomic E-state index is 7.50. The van der Waals surface area contributed by atoms with Crippen LogP contribution in [0.3, 0.4) is 0 Å². The Kier molecular flexibility index (Phi) is 2.81. The summed E-state index contributed by atoms with van der Waals surface area (Å²) in [5.41, 5.74) is 2.31. The van der Waals surface area contributed by atoms with Crippen LogP contribution in [0, 0.1) is 10.8 Å². The van der Waals surface area contributed by atoms with Gasteiger partial charge in [-0.05, 0) is 25.0 Å². The molecule has 0 atom stereocenters. The van der Waals surface area contributed by atoms with Gasteiger partial charge in [0.05, 0.1) is 5.71 Å². The number of rotatable bonds is 3. The van der Waals surface area contributed by atoms with Gasteiger partial charge in [0.25, 0.3) is 0 Å². The molecule has 3 nitrogen and oxygen atoms in total. The van der Waals surface area contributed by atoms with Crippen LogP contribution in [0.2, 0.25) is 0 Å². The Bertz CT molecular complexity index is 361. The molecule has 1 aliphatic rings. The van der Waals surface area contributed by atoms with Gasteiger partial charge < -0.3 is 10.3 Å². The van der Waals surface area contributed by atoms with E-state index < -0.39 is 0 Å². The molecule has 0 unspecified atom stereocenters. The van der Waals surface area contributed by atoms with E-state index in [9.17, 15) is 0 Å². The maximum absolute atomic E-state index is 7.50. The fraction of sp³-hybridized carbons (Fsp3) is 0.333. The predicted molar refractivity (Wildman–Crippen MR) is 63.5 cm³/mol. The van der Waals surface area contributed by atoms with Crippen LogP contribution in [0.15, 0.2) is 24.3 Å². The monoisotopic (exact) mass is 201 g/mol. The number of nitrogens with zero attached hydrogens (tertiary/aromatic N) is 1. The highest BCUT2D eigenvalue weighted by Crippen LogP contribution is 2.20. The summed E-state index contributed by atoms with van der Waals surface area (Å²) in [7, 11) is 0. The van der Waals surface area contributed by atoms with E-state index in [2.05, 4.69) is 4.90 Å². The van der Waals surface area contributed by atoms with Gasteiger partial charge in [0.1, 0.15) is 0 Å². The molecule has 0 radical (unpaired) electrons. The summed E-state index contributed by atoms with van der Waals surface area (Å²) < 4.78 is 0. The molecule has 1 saturated heterocycles. The Labute approximate surface area is 89.7 Å². The molecule has 1 aromatic carbocycles. The van der Waals surface area contributed by atoms with Crippen LogP contribution in [0.4, 0.5) is 5.69 Å². The average Bonchev–Trinajstić information content (AvgIpc) is 2.82. The molecule has 1 heterocycles. The normalized spacial score (nSPS) is 15.3. The van der Waals surface area contributed by atoms with E-state index in [-0.39, 0.29) is 5.71 Å². The fourth-order valence-electron chi connectivity index (χ4n) is 1.91. The summed E-state index contributed by atoms with van der Waals surface area (Å²) in [5.74, 6) is 0. The van der Waals surface area contributed by atoms with Crippen LogP contribution in [0.1, 0.15) is 18.4 Å². The molecule has 0 bridgehead atoms. The highest BCUT2D eigenvalue weighted by Gasteiger charge is 2.11. The lowest BCUT2D eigenvalue weighted by atomic mass is 10.1. The van der Waals surface area contributed by atoms with Crippen molar-refractivity contribution in [2.45, 2.75) is 12.8 Å². The molecule has 0 amide bonds. The molecule has 3 heteroatoms. The van der Waals surface area contributed by atoms with Gasteiger partial charge in [-0.2, -0.15) is 0 Å². The van der Waals surface area contributed by atoms with E-state index in [0.29, 0.717) is 0 Å². The third-order valence-corrected chi connectivity index (χ3v) is 2.79. The van der Waals surface area contributed by atoms with E-state index >= 15 is 0 Å². The number of hydrogen-bond acceptors (Lipinski definition) is 3. The van der Waals surface area contributed by atoms with Crippen LogP contribution in [-0.4, -0.2) is 25.0 Å². The van der Waals surface area contributed by atoms with Crippen molar-refractivity contribution in [1.29, 1.82) is 10.8 Å². The van der Waals surface area contributed by atoms with Crippen LogP contribution in [0.5, 0.6) is 0 Å². The largest absolute Gasteiger partial charge is 0.372 e. The molecule has 0 aromatic heterocycles. The maximum Gasteiger partial charge on any atom is 0.0787 e. The molecule has 2 N–H and O–H groups in total. The summed E-state index contributed by atoms with van der Waals surface area (Å²) in [6.45, 7) is 2.28. The molecule has 1 fully saturated rings. The van der Waals surface area contributed by atoms with E-state index in [1.807, 2.05) is 24.3 Å². The molecule has 1 aliphatic heterocycles. The lowest BCUT2D eigenvalue weighted by Gasteiger charge is -2.17. The summed E-state index contributed by atoms with van der Waals surface area (Å²) in [6, 6.07) is 7.92. The summed E-state index contributed by atoms with van der Waals surface area (Å²) in [5, 5.41) is 14.5. The molecule has 15 heavy (non-hydrogen) atoms. The Morgan fingerprint density at radius 1 is 1.13 bits per heavy atom. The van der Waals surface area contributed by atoms with Gasteiger partial charge in [-0.15, -0.1) is 0 Å². The number of nitrogens with one attached hydrogen (secondary N) is 2. The molecule has 0 spiro atoms. The molecular weight excluding hydrogens is 186 g/mol. The predicted octanol–water partition coefficient (Wildman–Crippen LogP) is 2.30. The Morgan fingerprint density at radius 2 is 1.73 bits per heavy atom. The fourth-order valence-corrected chi connectivity index (χ4v) is 1.91. The van der Waals surface area contributed by atoms with E-state index in [1.165, 1.54) is 18.5 Å². The van der Waals surface area contributed by atoms with Crippen molar-refractivity contribution < 1.29 is 0 Å². The van der Waals surface area contributed by atoms with Crippen molar-refractivity contribution in [3.63, 3.8) is 0 Å². The second kappa shape index (κ2) is 4.26. The first-order chi connectivity index (χ1) is 7.31. The van der Waals surface area contributed by atoms with Gasteiger partial charge in [0.2, 0.25) is 0 Å². The average molecular weight is 201 g/mol. The van der Waals surface area contributed by atoms with Crippen LogP contribution >= 0.6 is 0 Å². The molecule has 1 aromatic rings. The number of benzene rings is 1. The third-order valence-electron chi connectivity index (χ3n) is 2.79. The van der Waals surface area contributed by atoms with Gasteiger partial charge in [0.15, 0.2) is 0 Å². The summed E-state index contributed by atoms with van der Waals surface area (Å²) in [6.07, 6.45) is 3.63. The first-order valence-electron chi connectivity index (χ1n) is 5.25. The second-order valence-corrected chi connectivity index (χ2v) is 3.80. The Hall–Kier alpha value is -1.64. The van der Waals surface area contributed by atoms with Crippen molar-refractivity contribution in [3.8, 4) is 0 Å². The Morgan fingerprint density at radius 3 is 2.27 bits per heavy atom. The van der Waals surface area contributed by atoms with Gasteiger partial charge >= 0.3 is 0 Å². The third kappa shape index (κ3) is 2.06. The first kappa shape index (κ1) is 9.90. The summed E-state index contributed by atoms with van der Waals surface area (Å²) in [4.78, 5) is 2.36. The van der Waals surface area contributed by atoms with Crippen molar-refractivity contribution in [2.24, 2.45) is 0 Å².